The second kappa shape index (κ2) is 3.58. The second-order valence-electron chi connectivity index (χ2n) is 4.12. The largest absolute Gasteiger partial charge is 0.354 e. The molecule has 6 heteroatoms. The normalized spacial score (nSPS) is 22.9. The van der Waals surface area contributed by atoms with E-state index in [2.05, 4.69) is 32.2 Å². The quantitative estimate of drug-likeness (QED) is 0.782. The van der Waals surface area contributed by atoms with Crippen LogP contribution in [0.1, 0.15) is 12.8 Å². The van der Waals surface area contributed by atoms with E-state index in [1.807, 2.05) is 12.1 Å². The van der Waals surface area contributed by atoms with Gasteiger partial charge in [-0.2, -0.15) is 4.72 Å². The Labute approximate surface area is 108 Å². The molecule has 0 bridgehead atoms. The zero-order valence-electron chi connectivity index (χ0n) is 8.48. The van der Waals surface area contributed by atoms with Crippen molar-refractivity contribution in [3.05, 3.63) is 21.8 Å². The van der Waals surface area contributed by atoms with Gasteiger partial charge in [-0.25, -0.2) is 8.42 Å². The number of sulfonamides is 1. The highest BCUT2D eigenvalue weighted by Crippen LogP contribution is 2.37. The van der Waals surface area contributed by atoms with Crippen molar-refractivity contribution in [3.8, 4) is 0 Å². The lowest BCUT2D eigenvalue weighted by molar-refractivity contribution is 0.570. The fraction of sp³-hybridized carbons (Fsp3) is 0.400. The first-order valence-corrected chi connectivity index (χ1v) is 7.70. The molecule has 2 aliphatic rings. The van der Waals surface area contributed by atoms with E-state index in [9.17, 15) is 8.42 Å². The molecule has 0 unspecified atom stereocenters. The van der Waals surface area contributed by atoms with Gasteiger partial charge in [0.2, 0.25) is 10.0 Å². The van der Waals surface area contributed by atoms with Crippen LogP contribution in [0.4, 0.5) is 5.69 Å². The number of fused-ring (bicyclic) bond motifs is 1. The fourth-order valence-corrected chi connectivity index (χ4v) is 3.61. The third-order valence-corrected chi connectivity index (χ3v) is 5.04. The van der Waals surface area contributed by atoms with Crippen molar-refractivity contribution in [3.63, 3.8) is 0 Å². The Morgan fingerprint density at radius 2 is 2.12 bits per heavy atom. The van der Waals surface area contributed by atoms with E-state index < -0.39 is 10.0 Å². The molecule has 1 saturated carbocycles. The summed E-state index contributed by atoms with van der Waals surface area (Å²) in [5.41, 5.74) is 0.855. The molecule has 0 atom stereocenters. The van der Waals surface area contributed by atoms with Gasteiger partial charge in [0.05, 0.1) is 12.4 Å². The van der Waals surface area contributed by atoms with Crippen LogP contribution in [0.3, 0.4) is 0 Å². The SMILES string of the molecule is O=S1(=O)NCN(C2CC2)c2cc(I)ccc21. The molecule has 0 aromatic heterocycles. The number of hydrogen-bond acceptors (Lipinski definition) is 3. The molecule has 0 radical (unpaired) electrons. The van der Waals surface area contributed by atoms with Gasteiger partial charge in [0, 0.05) is 9.61 Å². The maximum absolute atomic E-state index is 11.8. The molecule has 1 aromatic carbocycles. The number of nitrogens with zero attached hydrogens (tertiary/aromatic N) is 1. The lowest BCUT2D eigenvalue weighted by Crippen LogP contribution is -2.44. The summed E-state index contributed by atoms with van der Waals surface area (Å²) in [4.78, 5) is 2.56. The number of anilines is 1. The molecule has 86 valence electrons. The van der Waals surface area contributed by atoms with Crippen molar-refractivity contribution in [2.24, 2.45) is 0 Å². The summed E-state index contributed by atoms with van der Waals surface area (Å²) in [6.07, 6.45) is 2.32. The van der Waals surface area contributed by atoms with Crippen molar-refractivity contribution in [1.29, 1.82) is 0 Å². The maximum Gasteiger partial charge on any atom is 0.244 e. The molecule has 0 saturated heterocycles. The molecule has 3 rings (SSSR count). The van der Waals surface area contributed by atoms with Gasteiger partial charge in [-0.1, -0.05) is 0 Å². The molecular formula is C10H11IN2O2S. The number of nitrogens with one attached hydrogen (secondary N) is 1. The van der Waals surface area contributed by atoms with E-state index in [-0.39, 0.29) is 0 Å². The lowest BCUT2D eigenvalue weighted by atomic mass is 10.3. The average Bonchev–Trinajstić information content (AvgIpc) is 3.01. The number of halogens is 1. The molecule has 1 aliphatic heterocycles. The summed E-state index contributed by atoms with van der Waals surface area (Å²) in [5, 5.41) is 0. The third-order valence-electron chi connectivity index (χ3n) is 2.93. The van der Waals surface area contributed by atoms with E-state index in [1.54, 1.807) is 6.07 Å². The van der Waals surface area contributed by atoms with Crippen LogP contribution in [-0.4, -0.2) is 21.1 Å². The Morgan fingerprint density at radius 1 is 1.38 bits per heavy atom. The van der Waals surface area contributed by atoms with E-state index in [1.165, 1.54) is 0 Å². The molecule has 4 nitrogen and oxygen atoms in total. The predicted octanol–water partition coefficient (Wildman–Crippen LogP) is 1.51. The van der Waals surface area contributed by atoms with E-state index in [0.717, 1.165) is 22.1 Å². The first-order valence-electron chi connectivity index (χ1n) is 5.14. The summed E-state index contributed by atoms with van der Waals surface area (Å²) in [6.45, 7) is 0.403. The number of benzene rings is 1. The average molecular weight is 350 g/mol. The summed E-state index contributed by atoms with van der Waals surface area (Å²) in [5.74, 6) is 0. The topological polar surface area (TPSA) is 49.4 Å². The van der Waals surface area contributed by atoms with Gasteiger partial charge in [0.1, 0.15) is 4.90 Å². The Balaban J connectivity index is 2.17. The first kappa shape index (κ1) is 10.8. The second-order valence-corrected chi connectivity index (χ2v) is 7.10. The molecule has 1 fully saturated rings. The number of rotatable bonds is 1. The zero-order valence-corrected chi connectivity index (χ0v) is 11.5. The standard InChI is InChI=1S/C10H11IN2O2S/c11-7-1-4-10-9(5-7)13(8-2-3-8)6-12-16(10,14)15/h1,4-5,8,12H,2-3,6H2. The monoisotopic (exact) mass is 350 g/mol. The van der Waals surface area contributed by atoms with Crippen molar-refractivity contribution in [2.75, 3.05) is 11.6 Å². The van der Waals surface area contributed by atoms with E-state index in [4.69, 9.17) is 0 Å². The Morgan fingerprint density at radius 3 is 2.81 bits per heavy atom. The van der Waals surface area contributed by atoms with Crippen molar-refractivity contribution in [2.45, 2.75) is 23.8 Å². The number of hydrogen-bond donors (Lipinski definition) is 1. The lowest BCUT2D eigenvalue weighted by Gasteiger charge is -2.31. The van der Waals surface area contributed by atoms with Crippen LogP contribution in [0.15, 0.2) is 23.1 Å². The van der Waals surface area contributed by atoms with Crippen molar-refractivity contribution < 1.29 is 8.42 Å². The van der Waals surface area contributed by atoms with Crippen molar-refractivity contribution in [1.82, 2.24) is 4.72 Å². The minimum absolute atomic E-state index is 0.403. The van der Waals surface area contributed by atoms with Crippen LogP contribution in [0, 0.1) is 3.57 Å². The highest BCUT2D eigenvalue weighted by molar-refractivity contribution is 14.1. The van der Waals surface area contributed by atoms with Gasteiger partial charge in [-0.05, 0) is 53.6 Å². The van der Waals surface area contributed by atoms with E-state index >= 15 is 0 Å². The highest BCUT2D eigenvalue weighted by Gasteiger charge is 2.36. The zero-order chi connectivity index (χ0) is 11.3. The Kier molecular flexibility index (Phi) is 2.41. The summed E-state index contributed by atoms with van der Waals surface area (Å²) >= 11 is 2.21. The highest BCUT2D eigenvalue weighted by atomic mass is 127. The Bertz CT molecular complexity index is 540. The van der Waals surface area contributed by atoms with Gasteiger partial charge in [-0.3, -0.25) is 0 Å². The first-order chi connectivity index (χ1) is 7.58. The van der Waals surface area contributed by atoms with Gasteiger partial charge in [-0.15, -0.1) is 0 Å². The Hall–Kier alpha value is -0.340. The minimum Gasteiger partial charge on any atom is -0.354 e. The van der Waals surface area contributed by atoms with Crippen molar-refractivity contribution >= 4 is 38.3 Å². The summed E-state index contributed by atoms with van der Waals surface area (Å²) in [7, 11) is -3.29. The molecule has 1 aromatic rings. The maximum atomic E-state index is 11.8. The minimum atomic E-state index is -3.29. The van der Waals surface area contributed by atoms with Crippen LogP contribution < -0.4 is 9.62 Å². The molecule has 16 heavy (non-hydrogen) atoms. The van der Waals surface area contributed by atoms with Gasteiger partial charge in [0.15, 0.2) is 0 Å². The molecule has 1 aliphatic carbocycles. The summed E-state index contributed by atoms with van der Waals surface area (Å²) < 4.78 is 27.3. The third kappa shape index (κ3) is 1.72. The fourth-order valence-electron chi connectivity index (χ4n) is 1.97. The van der Waals surface area contributed by atoms with Gasteiger partial charge in [0.25, 0.3) is 0 Å². The predicted molar refractivity (Wildman–Crippen MR) is 69.8 cm³/mol. The molecule has 0 amide bonds. The van der Waals surface area contributed by atoms with Crippen LogP contribution in [0.2, 0.25) is 0 Å². The van der Waals surface area contributed by atoms with Crippen LogP contribution in [0.25, 0.3) is 0 Å². The van der Waals surface area contributed by atoms with Crippen LogP contribution in [0.5, 0.6) is 0 Å². The smallest absolute Gasteiger partial charge is 0.244 e. The molecular weight excluding hydrogens is 339 g/mol. The van der Waals surface area contributed by atoms with Crippen LogP contribution in [-0.2, 0) is 10.0 Å². The van der Waals surface area contributed by atoms with Gasteiger partial charge >= 0.3 is 0 Å². The molecule has 0 spiro atoms. The summed E-state index contributed by atoms with van der Waals surface area (Å²) in [6, 6.07) is 5.98. The van der Waals surface area contributed by atoms with Gasteiger partial charge < -0.3 is 4.90 Å². The molecule has 1 heterocycles. The van der Waals surface area contributed by atoms with E-state index in [0.29, 0.717) is 17.6 Å². The molecule has 1 N–H and O–H groups in total. The van der Waals surface area contributed by atoms with Crippen LogP contribution >= 0.6 is 22.6 Å².